The Balaban J connectivity index is 2.32. The lowest BCUT2D eigenvalue weighted by Gasteiger charge is -1.97. The van der Waals surface area contributed by atoms with Crippen LogP contribution in [0.15, 0.2) is 10.9 Å². The Labute approximate surface area is 101 Å². The van der Waals surface area contributed by atoms with E-state index in [1.54, 1.807) is 12.4 Å². The van der Waals surface area contributed by atoms with Crippen molar-refractivity contribution in [3.05, 3.63) is 21.5 Å². The van der Waals surface area contributed by atoms with E-state index in [4.69, 9.17) is 4.74 Å². The quantitative estimate of drug-likeness (QED) is 0.790. The van der Waals surface area contributed by atoms with E-state index in [9.17, 15) is 4.79 Å². The average molecular weight is 254 g/mol. The summed E-state index contributed by atoms with van der Waals surface area (Å²) in [6.07, 6.45) is 0. The molecular formula is C10H10N2O2S2. The first kappa shape index (κ1) is 11.2. The third kappa shape index (κ3) is 2.12. The normalized spacial score (nSPS) is 10.4. The molecule has 2 aromatic rings. The monoisotopic (exact) mass is 254 g/mol. The second-order valence-corrected chi connectivity index (χ2v) is 4.94. The third-order valence-electron chi connectivity index (χ3n) is 1.92. The van der Waals surface area contributed by atoms with Gasteiger partial charge in [0.2, 0.25) is 0 Å². The van der Waals surface area contributed by atoms with Crippen molar-refractivity contribution in [2.75, 3.05) is 6.61 Å². The maximum atomic E-state index is 11.6. The molecule has 0 spiro atoms. The van der Waals surface area contributed by atoms with Gasteiger partial charge in [-0.2, -0.15) is 0 Å². The number of aromatic nitrogens is 2. The Morgan fingerprint density at radius 2 is 2.38 bits per heavy atom. The highest BCUT2D eigenvalue weighted by Crippen LogP contribution is 2.27. The summed E-state index contributed by atoms with van der Waals surface area (Å²) < 4.78 is 4.93. The molecule has 84 valence electrons. The summed E-state index contributed by atoms with van der Waals surface area (Å²) in [4.78, 5) is 20.8. The van der Waals surface area contributed by atoms with Crippen molar-refractivity contribution >= 4 is 28.6 Å². The predicted octanol–water partition coefficient (Wildman–Crippen LogP) is 2.75. The van der Waals surface area contributed by atoms with E-state index in [-0.39, 0.29) is 5.97 Å². The van der Waals surface area contributed by atoms with Crippen molar-refractivity contribution in [2.24, 2.45) is 0 Å². The van der Waals surface area contributed by atoms with Gasteiger partial charge in [-0.3, -0.25) is 0 Å². The van der Waals surface area contributed by atoms with Crippen molar-refractivity contribution in [1.29, 1.82) is 0 Å². The molecule has 6 heteroatoms. The number of esters is 1. The molecule has 2 heterocycles. The number of hydrogen-bond acceptors (Lipinski definition) is 6. The Bertz CT molecular complexity index is 491. The van der Waals surface area contributed by atoms with Gasteiger partial charge in [-0.05, 0) is 13.8 Å². The number of carbonyl (C=O) groups is 1. The lowest BCUT2D eigenvalue weighted by atomic mass is 10.4. The molecule has 0 aliphatic heterocycles. The lowest BCUT2D eigenvalue weighted by Crippen LogP contribution is -2.06. The summed E-state index contributed by atoms with van der Waals surface area (Å²) in [7, 11) is 0. The number of aryl methyl sites for hydroxylation is 1. The van der Waals surface area contributed by atoms with Gasteiger partial charge in [0.25, 0.3) is 0 Å². The molecular weight excluding hydrogens is 244 g/mol. The first-order valence-electron chi connectivity index (χ1n) is 4.75. The highest BCUT2D eigenvalue weighted by Gasteiger charge is 2.17. The minimum absolute atomic E-state index is 0.363. The minimum atomic E-state index is -0.363. The molecule has 0 amide bonds. The molecule has 0 aliphatic carbocycles. The van der Waals surface area contributed by atoms with Gasteiger partial charge >= 0.3 is 5.97 Å². The largest absolute Gasteiger partial charge is 0.461 e. The van der Waals surface area contributed by atoms with E-state index in [1.165, 1.54) is 22.7 Å². The molecule has 16 heavy (non-hydrogen) atoms. The van der Waals surface area contributed by atoms with E-state index >= 15 is 0 Å². The Hall–Kier alpha value is -1.27. The van der Waals surface area contributed by atoms with Crippen molar-refractivity contribution in [3.8, 4) is 10.7 Å². The van der Waals surface area contributed by atoms with Crippen LogP contribution in [0.5, 0.6) is 0 Å². The molecule has 0 radical (unpaired) electrons. The average Bonchev–Trinajstić information content (AvgIpc) is 2.86. The van der Waals surface area contributed by atoms with Crippen molar-refractivity contribution in [1.82, 2.24) is 9.97 Å². The van der Waals surface area contributed by atoms with Gasteiger partial charge in [0.05, 0.1) is 12.1 Å². The fourth-order valence-corrected chi connectivity index (χ4v) is 2.69. The molecule has 0 atom stereocenters. The van der Waals surface area contributed by atoms with E-state index < -0.39 is 0 Å². The van der Waals surface area contributed by atoms with Gasteiger partial charge in [0, 0.05) is 10.3 Å². The highest BCUT2D eigenvalue weighted by atomic mass is 32.1. The summed E-state index contributed by atoms with van der Waals surface area (Å²) in [5.41, 5.74) is 2.96. The molecule has 0 aliphatic rings. The number of nitrogens with zero attached hydrogens (tertiary/aromatic N) is 2. The van der Waals surface area contributed by atoms with Gasteiger partial charge in [-0.25, -0.2) is 14.8 Å². The van der Waals surface area contributed by atoms with E-state index in [0.717, 1.165) is 15.6 Å². The van der Waals surface area contributed by atoms with Crippen LogP contribution >= 0.6 is 22.7 Å². The molecule has 0 bridgehead atoms. The van der Waals surface area contributed by atoms with Gasteiger partial charge in [-0.1, -0.05) is 0 Å². The van der Waals surface area contributed by atoms with Crippen LogP contribution in [0.25, 0.3) is 10.7 Å². The molecule has 0 aromatic carbocycles. The molecule has 0 unspecified atom stereocenters. The topological polar surface area (TPSA) is 52.1 Å². The minimum Gasteiger partial charge on any atom is -0.461 e. The van der Waals surface area contributed by atoms with Crippen LogP contribution in [-0.4, -0.2) is 22.5 Å². The first-order valence-corrected chi connectivity index (χ1v) is 6.51. The first-order chi connectivity index (χ1) is 7.72. The maximum absolute atomic E-state index is 11.6. The fourth-order valence-electron chi connectivity index (χ4n) is 1.21. The zero-order valence-electron chi connectivity index (χ0n) is 8.89. The van der Waals surface area contributed by atoms with Gasteiger partial charge in [-0.15, -0.1) is 22.7 Å². The van der Waals surface area contributed by atoms with Crippen LogP contribution in [0.2, 0.25) is 0 Å². The molecule has 0 fully saturated rings. The molecule has 2 rings (SSSR count). The van der Waals surface area contributed by atoms with E-state index in [0.29, 0.717) is 12.3 Å². The molecule has 0 N–H and O–H groups in total. The molecule has 0 saturated heterocycles. The lowest BCUT2D eigenvalue weighted by molar-refractivity contribution is 0.0519. The summed E-state index contributed by atoms with van der Waals surface area (Å²) in [6.45, 7) is 4.00. The molecule has 0 saturated carbocycles. The SMILES string of the molecule is CCOC(=O)c1nc(-c2cscn2)sc1C. The van der Waals surface area contributed by atoms with Crippen LogP contribution < -0.4 is 0 Å². The van der Waals surface area contributed by atoms with Crippen LogP contribution in [0.4, 0.5) is 0 Å². The number of thiazole rings is 2. The number of carbonyl (C=O) groups excluding carboxylic acids is 1. The van der Waals surface area contributed by atoms with Crippen molar-refractivity contribution in [2.45, 2.75) is 13.8 Å². The number of rotatable bonds is 3. The van der Waals surface area contributed by atoms with Gasteiger partial charge in [0.15, 0.2) is 5.69 Å². The van der Waals surface area contributed by atoms with Gasteiger partial charge < -0.3 is 4.74 Å². The smallest absolute Gasteiger partial charge is 0.358 e. The molecule has 4 nitrogen and oxygen atoms in total. The zero-order chi connectivity index (χ0) is 11.5. The highest BCUT2D eigenvalue weighted by molar-refractivity contribution is 7.15. The Kier molecular flexibility index (Phi) is 3.31. The maximum Gasteiger partial charge on any atom is 0.358 e. The summed E-state index contributed by atoms with van der Waals surface area (Å²) in [5, 5.41) is 2.68. The third-order valence-corrected chi connectivity index (χ3v) is 3.50. The number of hydrogen-bond donors (Lipinski definition) is 0. The Morgan fingerprint density at radius 1 is 1.56 bits per heavy atom. The zero-order valence-corrected chi connectivity index (χ0v) is 10.5. The van der Waals surface area contributed by atoms with Crippen LogP contribution in [0.3, 0.4) is 0 Å². The number of ether oxygens (including phenoxy) is 1. The van der Waals surface area contributed by atoms with Gasteiger partial charge in [0.1, 0.15) is 10.7 Å². The van der Waals surface area contributed by atoms with Crippen molar-refractivity contribution in [3.63, 3.8) is 0 Å². The second-order valence-electron chi connectivity index (χ2n) is 3.02. The summed E-state index contributed by atoms with van der Waals surface area (Å²) in [6, 6.07) is 0. The summed E-state index contributed by atoms with van der Waals surface area (Å²) in [5.74, 6) is -0.363. The van der Waals surface area contributed by atoms with E-state index in [1.807, 2.05) is 12.3 Å². The molecule has 2 aromatic heterocycles. The standard InChI is InChI=1S/C10H10N2O2S2/c1-3-14-10(13)8-6(2)16-9(12-8)7-4-15-5-11-7/h4-5H,3H2,1-2H3. The van der Waals surface area contributed by atoms with Crippen LogP contribution in [0, 0.1) is 6.92 Å². The Morgan fingerprint density at radius 3 is 3.00 bits per heavy atom. The van der Waals surface area contributed by atoms with E-state index in [2.05, 4.69) is 9.97 Å². The fraction of sp³-hybridized carbons (Fsp3) is 0.300. The summed E-state index contributed by atoms with van der Waals surface area (Å²) >= 11 is 2.97. The predicted molar refractivity (Wildman–Crippen MR) is 63.9 cm³/mol. The van der Waals surface area contributed by atoms with Crippen molar-refractivity contribution < 1.29 is 9.53 Å². The van der Waals surface area contributed by atoms with Crippen LogP contribution in [0.1, 0.15) is 22.3 Å². The van der Waals surface area contributed by atoms with Crippen LogP contribution in [-0.2, 0) is 4.74 Å². The second kappa shape index (κ2) is 4.71.